The molecule has 0 spiro atoms. The van der Waals surface area contributed by atoms with E-state index in [1.807, 2.05) is 24.3 Å². The quantitative estimate of drug-likeness (QED) is 0.269. The van der Waals surface area contributed by atoms with Crippen LogP contribution in [0.4, 0.5) is 0 Å². The van der Waals surface area contributed by atoms with Gasteiger partial charge in [-0.05, 0) is 35.9 Å². The molecule has 0 radical (unpaired) electrons. The molecule has 1 saturated heterocycles. The smallest absolute Gasteiger partial charge is 0.296 e. The van der Waals surface area contributed by atoms with Crippen LogP contribution in [-0.2, 0) is 16.1 Å². The molecular formula is C24H17ClN2O4. The van der Waals surface area contributed by atoms with Gasteiger partial charge in [-0.25, -0.2) is 0 Å². The molecule has 0 bridgehead atoms. The summed E-state index contributed by atoms with van der Waals surface area (Å²) in [5, 5.41) is 12.5. The molecule has 0 aliphatic carbocycles. The number of aliphatic hydroxyl groups excluding tert-OH is 1. The zero-order valence-electron chi connectivity index (χ0n) is 16.2. The van der Waals surface area contributed by atoms with E-state index in [0.717, 1.165) is 10.9 Å². The van der Waals surface area contributed by atoms with Gasteiger partial charge in [-0.1, -0.05) is 41.9 Å². The molecule has 0 saturated carbocycles. The predicted octanol–water partition coefficient (Wildman–Crippen LogP) is 5.04. The fraction of sp³-hybridized carbons (Fsp3) is 0.0833. The third-order valence-electron chi connectivity index (χ3n) is 5.48. The Morgan fingerprint density at radius 2 is 1.84 bits per heavy atom. The lowest BCUT2D eigenvalue weighted by Gasteiger charge is -2.24. The van der Waals surface area contributed by atoms with Crippen LogP contribution in [0.3, 0.4) is 0 Å². The third kappa shape index (κ3) is 3.21. The highest BCUT2D eigenvalue weighted by Crippen LogP contribution is 2.41. The van der Waals surface area contributed by atoms with E-state index in [9.17, 15) is 14.7 Å². The average molecular weight is 433 g/mol. The van der Waals surface area contributed by atoms with Gasteiger partial charge >= 0.3 is 0 Å². The minimum Gasteiger partial charge on any atom is -0.507 e. The summed E-state index contributed by atoms with van der Waals surface area (Å²) in [6, 6.07) is 17.0. The van der Waals surface area contributed by atoms with Crippen LogP contribution in [-0.4, -0.2) is 26.7 Å². The molecule has 4 aromatic rings. The van der Waals surface area contributed by atoms with E-state index in [-0.39, 0.29) is 17.9 Å². The van der Waals surface area contributed by atoms with Gasteiger partial charge in [0.2, 0.25) is 0 Å². The maximum absolute atomic E-state index is 13.1. The van der Waals surface area contributed by atoms with Gasteiger partial charge in [0.25, 0.3) is 11.7 Å². The molecule has 5 rings (SSSR count). The van der Waals surface area contributed by atoms with Crippen molar-refractivity contribution in [2.75, 3.05) is 0 Å². The number of halogens is 1. The lowest BCUT2D eigenvalue weighted by molar-refractivity contribution is -0.140. The number of para-hydroxylation sites is 1. The van der Waals surface area contributed by atoms with Gasteiger partial charge in [-0.3, -0.25) is 9.59 Å². The van der Waals surface area contributed by atoms with Crippen LogP contribution >= 0.6 is 11.6 Å². The number of fused-ring (bicyclic) bond motifs is 1. The fourth-order valence-corrected chi connectivity index (χ4v) is 4.14. The number of furan rings is 1. The summed E-state index contributed by atoms with van der Waals surface area (Å²) in [4.78, 5) is 30.6. The van der Waals surface area contributed by atoms with Crippen molar-refractivity contribution in [1.82, 2.24) is 9.88 Å². The number of ketones is 1. The zero-order chi connectivity index (χ0) is 21.5. The second-order valence-electron chi connectivity index (χ2n) is 7.31. The number of nitrogens with zero attached hydrogens (tertiary/aromatic N) is 1. The van der Waals surface area contributed by atoms with Gasteiger partial charge in [-0.2, -0.15) is 0 Å². The average Bonchev–Trinajstić information content (AvgIpc) is 3.50. The molecule has 1 amide bonds. The van der Waals surface area contributed by atoms with Crippen LogP contribution in [0.1, 0.15) is 22.9 Å². The summed E-state index contributed by atoms with van der Waals surface area (Å²) in [5.74, 6) is -1.13. The molecule has 1 aliphatic heterocycles. The van der Waals surface area contributed by atoms with E-state index in [4.69, 9.17) is 16.0 Å². The first-order valence-electron chi connectivity index (χ1n) is 9.67. The number of Topliss-reactive ketones (excluding diaryl/α,β-unsaturated/α-hetero) is 1. The van der Waals surface area contributed by atoms with Gasteiger partial charge in [0.15, 0.2) is 0 Å². The first-order chi connectivity index (χ1) is 15.0. The first-order valence-corrected chi connectivity index (χ1v) is 10.0. The molecule has 31 heavy (non-hydrogen) atoms. The molecule has 2 N–H and O–H groups in total. The van der Waals surface area contributed by atoms with E-state index >= 15 is 0 Å². The maximum atomic E-state index is 13.1. The second-order valence-corrected chi connectivity index (χ2v) is 7.74. The molecule has 1 atom stereocenters. The summed E-state index contributed by atoms with van der Waals surface area (Å²) in [5.41, 5.74) is 1.97. The Morgan fingerprint density at radius 1 is 1.06 bits per heavy atom. The van der Waals surface area contributed by atoms with Gasteiger partial charge in [0.1, 0.15) is 11.5 Å². The van der Waals surface area contributed by atoms with Crippen LogP contribution in [0.25, 0.3) is 16.7 Å². The highest BCUT2D eigenvalue weighted by atomic mass is 35.5. The highest BCUT2D eigenvalue weighted by Gasteiger charge is 2.46. The standard InChI is InChI=1S/C24H17ClN2O4/c25-15-9-7-14(8-10-15)21-20(22(28)18-12-26-19-6-2-1-5-17(18)19)23(29)24(30)27(21)13-16-4-3-11-31-16/h1-12,21,26,28H,13H2/b22-20-. The Hall–Kier alpha value is -3.77. The van der Waals surface area contributed by atoms with Crippen LogP contribution in [0.5, 0.6) is 0 Å². The number of hydrogen-bond acceptors (Lipinski definition) is 4. The Labute approximate surface area is 182 Å². The van der Waals surface area contributed by atoms with Crippen LogP contribution in [0, 0.1) is 0 Å². The van der Waals surface area contributed by atoms with Gasteiger partial charge < -0.3 is 19.4 Å². The van der Waals surface area contributed by atoms with Crippen molar-refractivity contribution in [2.45, 2.75) is 12.6 Å². The van der Waals surface area contributed by atoms with Crippen molar-refractivity contribution in [1.29, 1.82) is 0 Å². The highest BCUT2D eigenvalue weighted by molar-refractivity contribution is 6.46. The molecule has 1 fully saturated rings. The number of nitrogens with one attached hydrogen (secondary N) is 1. The minimum absolute atomic E-state index is 0.0311. The van der Waals surface area contributed by atoms with Gasteiger partial charge in [0, 0.05) is 27.7 Å². The molecule has 7 heteroatoms. The number of aromatic amines is 1. The maximum Gasteiger partial charge on any atom is 0.296 e. The van der Waals surface area contributed by atoms with Crippen molar-refractivity contribution in [2.24, 2.45) is 0 Å². The van der Waals surface area contributed by atoms with E-state index in [2.05, 4.69) is 4.98 Å². The van der Waals surface area contributed by atoms with E-state index < -0.39 is 17.7 Å². The molecule has 154 valence electrons. The number of aromatic nitrogens is 1. The number of aliphatic hydroxyl groups is 1. The van der Waals surface area contributed by atoms with Crippen molar-refractivity contribution >= 4 is 40.0 Å². The molecule has 2 aromatic carbocycles. The number of likely N-dealkylation sites (tertiary alicyclic amines) is 1. The Morgan fingerprint density at radius 3 is 2.58 bits per heavy atom. The molecule has 2 aromatic heterocycles. The van der Waals surface area contributed by atoms with E-state index in [1.54, 1.807) is 42.6 Å². The molecule has 6 nitrogen and oxygen atoms in total. The largest absolute Gasteiger partial charge is 0.507 e. The van der Waals surface area contributed by atoms with Crippen molar-refractivity contribution in [3.63, 3.8) is 0 Å². The lowest BCUT2D eigenvalue weighted by atomic mass is 9.95. The molecular weight excluding hydrogens is 416 g/mol. The Bertz CT molecular complexity index is 1320. The monoisotopic (exact) mass is 432 g/mol. The number of amides is 1. The summed E-state index contributed by atoms with van der Waals surface area (Å²) < 4.78 is 5.40. The fourth-order valence-electron chi connectivity index (χ4n) is 4.02. The van der Waals surface area contributed by atoms with E-state index in [1.165, 1.54) is 11.2 Å². The normalized spacial score (nSPS) is 18.2. The number of H-pyrrole nitrogens is 1. The zero-order valence-corrected chi connectivity index (χ0v) is 17.0. The molecule has 1 unspecified atom stereocenters. The summed E-state index contributed by atoms with van der Waals surface area (Å²) in [7, 11) is 0. The molecule has 3 heterocycles. The van der Waals surface area contributed by atoms with Crippen molar-refractivity contribution in [3.8, 4) is 0 Å². The number of carbonyl (C=O) groups excluding carboxylic acids is 2. The minimum atomic E-state index is -0.781. The number of rotatable bonds is 4. The third-order valence-corrected chi connectivity index (χ3v) is 5.73. The Balaban J connectivity index is 1.69. The predicted molar refractivity (Wildman–Crippen MR) is 116 cm³/mol. The topological polar surface area (TPSA) is 86.5 Å². The van der Waals surface area contributed by atoms with Gasteiger partial charge in [0.05, 0.1) is 24.4 Å². The number of hydrogen-bond donors (Lipinski definition) is 2. The summed E-state index contributed by atoms with van der Waals surface area (Å²) >= 11 is 6.04. The van der Waals surface area contributed by atoms with Crippen LogP contribution in [0.2, 0.25) is 5.02 Å². The van der Waals surface area contributed by atoms with Gasteiger partial charge in [-0.15, -0.1) is 0 Å². The Kier molecular flexibility index (Phi) is 4.64. The summed E-state index contributed by atoms with van der Waals surface area (Å²) in [6.07, 6.45) is 3.15. The van der Waals surface area contributed by atoms with Crippen molar-refractivity contribution < 1.29 is 19.1 Å². The summed E-state index contributed by atoms with van der Waals surface area (Å²) in [6.45, 7) is 0.0928. The SMILES string of the molecule is O=C1C(=O)N(Cc2ccco2)C(c2ccc(Cl)cc2)/C1=C(/O)c1c[nH]c2ccccc12. The number of carbonyl (C=O) groups is 2. The van der Waals surface area contributed by atoms with Crippen LogP contribution < -0.4 is 0 Å². The van der Waals surface area contributed by atoms with Crippen molar-refractivity contribution in [3.05, 3.63) is 101 Å². The number of benzene rings is 2. The van der Waals surface area contributed by atoms with E-state index in [0.29, 0.717) is 21.9 Å². The lowest BCUT2D eigenvalue weighted by Crippen LogP contribution is -2.29. The molecule has 1 aliphatic rings. The van der Waals surface area contributed by atoms with Crippen LogP contribution in [0.15, 0.2) is 83.1 Å². The first kappa shape index (κ1) is 19.2. The second kappa shape index (κ2) is 7.49.